The number of hydrogen-bond acceptors (Lipinski definition) is 3. The van der Waals surface area contributed by atoms with Gasteiger partial charge in [-0.1, -0.05) is 30.3 Å². The summed E-state index contributed by atoms with van der Waals surface area (Å²) in [6.07, 6.45) is 2.19. The Labute approximate surface area is 125 Å². The monoisotopic (exact) mass is 281 g/mol. The van der Waals surface area contributed by atoms with Crippen molar-refractivity contribution in [3.8, 4) is 0 Å². The van der Waals surface area contributed by atoms with Crippen LogP contribution in [0, 0.1) is 0 Å². The fraction of sp³-hybridized carbons (Fsp3) is 0.333. The molecule has 0 atom stereocenters. The SMILES string of the molecule is c1ccc2c(c1)CCCN2c1ccc(C2OCCO2)cc1. The minimum atomic E-state index is -0.187. The molecule has 0 bridgehead atoms. The van der Waals surface area contributed by atoms with Crippen molar-refractivity contribution in [1.29, 1.82) is 0 Å². The minimum absolute atomic E-state index is 0.187. The molecule has 3 nitrogen and oxygen atoms in total. The van der Waals surface area contributed by atoms with Crippen LogP contribution in [0.25, 0.3) is 0 Å². The molecule has 21 heavy (non-hydrogen) atoms. The second kappa shape index (κ2) is 5.51. The third-order valence-electron chi connectivity index (χ3n) is 4.21. The number of ether oxygens (including phenoxy) is 2. The Morgan fingerprint density at radius 1 is 0.905 bits per heavy atom. The lowest BCUT2D eigenvalue weighted by molar-refractivity contribution is -0.0441. The van der Waals surface area contributed by atoms with Gasteiger partial charge >= 0.3 is 0 Å². The summed E-state index contributed by atoms with van der Waals surface area (Å²) in [5.74, 6) is 0. The highest BCUT2D eigenvalue weighted by atomic mass is 16.7. The van der Waals surface area contributed by atoms with Gasteiger partial charge in [-0.05, 0) is 36.6 Å². The Morgan fingerprint density at radius 2 is 1.67 bits per heavy atom. The zero-order chi connectivity index (χ0) is 14.1. The van der Waals surface area contributed by atoms with Crippen LogP contribution in [0.4, 0.5) is 11.4 Å². The molecule has 1 fully saturated rings. The van der Waals surface area contributed by atoms with E-state index in [-0.39, 0.29) is 6.29 Å². The molecule has 2 aromatic carbocycles. The predicted octanol–water partition coefficient (Wildman–Crippen LogP) is 3.82. The first-order valence-electron chi connectivity index (χ1n) is 7.60. The number of aryl methyl sites for hydroxylation is 1. The predicted molar refractivity (Wildman–Crippen MR) is 82.9 cm³/mol. The number of anilines is 2. The van der Waals surface area contributed by atoms with Crippen LogP contribution in [-0.4, -0.2) is 19.8 Å². The lowest BCUT2D eigenvalue weighted by Crippen LogP contribution is -2.24. The molecule has 0 spiro atoms. The fourth-order valence-electron chi connectivity index (χ4n) is 3.16. The maximum absolute atomic E-state index is 5.54. The molecule has 2 aromatic rings. The van der Waals surface area contributed by atoms with E-state index in [0.717, 1.165) is 12.1 Å². The zero-order valence-electron chi connectivity index (χ0n) is 12.0. The van der Waals surface area contributed by atoms with Gasteiger partial charge in [-0.15, -0.1) is 0 Å². The molecule has 1 saturated heterocycles. The van der Waals surface area contributed by atoms with Gasteiger partial charge < -0.3 is 14.4 Å². The van der Waals surface area contributed by atoms with Crippen LogP contribution < -0.4 is 4.90 Å². The van der Waals surface area contributed by atoms with Gasteiger partial charge in [-0.25, -0.2) is 0 Å². The van der Waals surface area contributed by atoms with Gasteiger partial charge in [0.05, 0.1) is 13.2 Å². The molecule has 0 N–H and O–H groups in total. The molecule has 0 radical (unpaired) electrons. The van der Waals surface area contributed by atoms with E-state index < -0.39 is 0 Å². The Balaban J connectivity index is 1.62. The Kier molecular flexibility index (Phi) is 3.37. The third-order valence-corrected chi connectivity index (χ3v) is 4.21. The van der Waals surface area contributed by atoms with E-state index in [0.29, 0.717) is 13.2 Å². The van der Waals surface area contributed by atoms with Gasteiger partial charge in [0.1, 0.15) is 0 Å². The van der Waals surface area contributed by atoms with E-state index in [2.05, 4.69) is 53.4 Å². The van der Waals surface area contributed by atoms with E-state index >= 15 is 0 Å². The largest absolute Gasteiger partial charge is 0.346 e. The van der Waals surface area contributed by atoms with Crippen molar-refractivity contribution >= 4 is 11.4 Å². The maximum Gasteiger partial charge on any atom is 0.184 e. The molecular weight excluding hydrogens is 262 g/mol. The molecule has 0 saturated carbocycles. The first-order valence-corrected chi connectivity index (χ1v) is 7.60. The summed E-state index contributed by atoms with van der Waals surface area (Å²) in [6, 6.07) is 17.3. The summed E-state index contributed by atoms with van der Waals surface area (Å²) in [5.41, 5.74) is 5.12. The van der Waals surface area contributed by atoms with Gasteiger partial charge in [0.2, 0.25) is 0 Å². The van der Waals surface area contributed by atoms with Gasteiger partial charge in [-0.3, -0.25) is 0 Å². The zero-order valence-corrected chi connectivity index (χ0v) is 12.0. The molecule has 108 valence electrons. The summed E-state index contributed by atoms with van der Waals surface area (Å²) >= 11 is 0. The summed E-state index contributed by atoms with van der Waals surface area (Å²) in [6.45, 7) is 2.45. The molecule has 0 aromatic heterocycles. The Bertz CT molecular complexity index is 617. The van der Waals surface area contributed by atoms with Crippen LogP contribution >= 0.6 is 0 Å². The highest BCUT2D eigenvalue weighted by Gasteiger charge is 2.20. The molecular formula is C18H19NO2. The average Bonchev–Trinajstić information content (AvgIpc) is 3.09. The van der Waals surface area contributed by atoms with Crippen LogP contribution in [0.5, 0.6) is 0 Å². The molecule has 0 aliphatic carbocycles. The first kappa shape index (κ1) is 12.9. The van der Waals surface area contributed by atoms with Crippen molar-refractivity contribution in [2.24, 2.45) is 0 Å². The number of benzene rings is 2. The minimum Gasteiger partial charge on any atom is -0.346 e. The first-order chi connectivity index (χ1) is 10.4. The normalized spacial score (nSPS) is 18.8. The van der Waals surface area contributed by atoms with E-state index in [1.165, 1.54) is 29.8 Å². The van der Waals surface area contributed by atoms with E-state index in [9.17, 15) is 0 Å². The molecule has 0 unspecified atom stereocenters. The van der Waals surface area contributed by atoms with Gasteiger partial charge in [0, 0.05) is 23.5 Å². The van der Waals surface area contributed by atoms with Crippen molar-refractivity contribution in [2.75, 3.05) is 24.7 Å². The summed E-state index contributed by atoms with van der Waals surface area (Å²) in [4.78, 5) is 2.40. The lowest BCUT2D eigenvalue weighted by atomic mass is 10.0. The van der Waals surface area contributed by atoms with Gasteiger partial charge in [-0.2, -0.15) is 0 Å². The summed E-state index contributed by atoms with van der Waals surface area (Å²) in [5, 5.41) is 0. The second-order valence-corrected chi connectivity index (χ2v) is 5.55. The molecule has 2 heterocycles. The van der Waals surface area contributed by atoms with Gasteiger partial charge in [0.25, 0.3) is 0 Å². The lowest BCUT2D eigenvalue weighted by Gasteiger charge is -2.31. The van der Waals surface area contributed by atoms with Crippen LogP contribution in [0.15, 0.2) is 48.5 Å². The van der Waals surface area contributed by atoms with Crippen molar-refractivity contribution in [3.63, 3.8) is 0 Å². The number of fused-ring (bicyclic) bond motifs is 1. The number of para-hydroxylation sites is 1. The van der Waals surface area contributed by atoms with Crippen molar-refractivity contribution in [1.82, 2.24) is 0 Å². The van der Waals surface area contributed by atoms with Crippen LogP contribution in [0.2, 0.25) is 0 Å². The quantitative estimate of drug-likeness (QED) is 0.835. The highest BCUT2D eigenvalue weighted by molar-refractivity contribution is 5.67. The number of hydrogen-bond donors (Lipinski definition) is 0. The van der Waals surface area contributed by atoms with E-state index in [4.69, 9.17) is 9.47 Å². The Hall–Kier alpha value is -1.84. The number of rotatable bonds is 2. The third kappa shape index (κ3) is 2.43. The summed E-state index contributed by atoms with van der Waals surface area (Å²) in [7, 11) is 0. The second-order valence-electron chi connectivity index (χ2n) is 5.55. The highest BCUT2D eigenvalue weighted by Crippen LogP contribution is 2.34. The molecule has 2 aliphatic heterocycles. The van der Waals surface area contributed by atoms with Crippen molar-refractivity contribution in [3.05, 3.63) is 59.7 Å². The van der Waals surface area contributed by atoms with Crippen LogP contribution in [0.3, 0.4) is 0 Å². The van der Waals surface area contributed by atoms with Crippen LogP contribution in [0.1, 0.15) is 23.8 Å². The maximum atomic E-state index is 5.54. The molecule has 4 rings (SSSR count). The summed E-state index contributed by atoms with van der Waals surface area (Å²) < 4.78 is 11.1. The van der Waals surface area contributed by atoms with E-state index in [1.807, 2.05) is 0 Å². The fourth-order valence-corrected chi connectivity index (χ4v) is 3.16. The van der Waals surface area contributed by atoms with Crippen molar-refractivity contribution < 1.29 is 9.47 Å². The molecule has 2 aliphatic rings. The smallest absolute Gasteiger partial charge is 0.184 e. The van der Waals surface area contributed by atoms with Crippen molar-refractivity contribution in [2.45, 2.75) is 19.1 Å². The number of nitrogens with zero attached hydrogens (tertiary/aromatic N) is 1. The molecule has 0 amide bonds. The molecule has 3 heteroatoms. The topological polar surface area (TPSA) is 21.7 Å². The van der Waals surface area contributed by atoms with E-state index in [1.54, 1.807) is 0 Å². The average molecular weight is 281 g/mol. The standard InChI is InChI=1S/C18H19NO2/c1-2-6-17-14(4-1)5-3-11-19(17)16-9-7-15(8-10-16)18-20-12-13-21-18/h1-2,4,6-10,18H,3,5,11-13H2. The van der Waals surface area contributed by atoms with Gasteiger partial charge in [0.15, 0.2) is 6.29 Å². The Morgan fingerprint density at radius 3 is 2.48 bits per heavy atom. The van der Waals surface area contributed by atoms with Crippen LogP contribution in [-0.2, 0) is 15.9 Å².